The minimum Gasteiger partial charge on any atom is -0.373 e. The first-order valence-corrected chi connectivity index (χ1v) is 8.56. The molecule has 126 valence electrons. The van der Waals surface area contributed by atoms with E-state index < -0.39 is 0 Å². The molecule has 5 heteroatoms. The summed E-state index contributed by atoms with van der Waals surface area (Å²) in [5, 5.41) is 0. The quantitative estimate of drug-likeness (QED) is 0.897. The van der Waals surface area contributed by atoms with Gasteiger partial charge in [-0.05, 0) is 31.2 Å². The third-order valence-corrected chi connectivity index (χ3v) is 4.73. The second kappa shape index (κ2) is 7.90. The van der Waals surface area contributed by atoms with Gasteiger partial charge in [-0.3, -0.25) is 4.79 Å². The molecular weight excluding hydrogens is 292 g/mol. The summed E-state index contributed by atoms with van der Waals surface area (Å²) in [5.74, 6) is 0.127. The molecule has 3 rings (SSSR count). The maximum absolute atomic E-state index is 12.5. The number of ether oxygens (including phenoxy) is 2. The van der Waals surface area contributed by atoms with Crippen LogP contribution in [0.5, 0.6) is 0 Å². The number of hydrogen-bond acceptors (Lipinski definition) is 4. The first-order valence-electron chi connectivity index (χ1n) is 8.56. The van der Waals surface area contributed by atoms with Crippen LogP contribution in [0, 0.1) is 0 Å². The van der Waals surface area contributed by atoms with Gasteiger partial charge in [-0.2, -0.15) is 0 Å². The number of carbonyl (C=O) groups excluding carboxylic acids is 1. The number of hydrogen-bond donors (Lipinski definition) is 1. The summed E-state index contributed by atoms with van der Waals surface area (Å²) in [6, 6.07) is 10.2. The Morgan fingerprint density at radius 1 is 1.17 bits per heavy atom. The molecule has 1 aromatic rings. The van der Waals surface area contributed by atoms with Crippen molar-refractivity contribution in [2.45, 2.75) is 50.6 Å². The van der Waals surface area contributed by atoms with Gasteiger partial charge in [0.1, 0.15) is 6.10 Å². The first kappa shape index (κ1) is 16.4. The molecule has 0 aromatic heterocycles. The molecule has 5 nitrogen and oxygen atoms in total. The van der Waals surface area contributed by atoms with Gasteiger partial charge in [-0.25, -0.2) is 0 Å². The monoisotopic (exact) mass is 318 g/mol. The molecule has 0 saturated carbocycles. The molecule has 2 heterocycles. The molecule has 0 spiro atoms. The fourth-order valence-corrected chi connectivity index (χ4v) is 3.30. The van der Waals surface area contributed by atoms with Crippen LogP contribution in [0.3, 0.4) is 0 Å². The predicted octanol–water partition coefficient (Wildman–Crippen LogP) is 1.70. The minimum atomic E-state index is -0.287. The molecule has 0 aliphatic carbocycles. The fraction of sp³-hybridized carbons (Fsp3) is 0.611. The Kier molecular flexibility index (Phi) is 5.65. The molecular formula is C18H26N2O3. The van der Waals surface area contributed by atoms with Crippen molar-refractivity contribution in [1.29, 1.82) is 0 Å². The average molecular weight is 318 g/mol. The molecule has 2 fully saturated rings. The van der Waals surface area contributed by atoms with Gasteiger partial charge in [0.25, 0.3) is 5.91 Å². The van der Waals surface area contributed by atoms with Crippen molar-refractivity contribution in [3.8, 4) is 0 Å². The number of benzene rings is 1. The normalized spacial score (nSPS) is 25.7. The lowest BCUT2D eigenvalue weighted by Crippen LogP contribution is -2.45. The van der Waals surface area contributed by atoms with Crippen molar-refractivity contribution in [3.63, 3.8) is 0 Å². The molecule has 23 heavy (non-hydrogen) atoms. The van der Waals surface area contributed by atoms with Crippen LogP contribution in [-0.4, -0.2) is 48.8 Å². The van der Waals surface area contributed by atoms with E-state index in [1.165, 1.54) is 5.56 Å². The van der Waals surface area contributed by atoms with Crippen molar-refractivity contribution in [2.75, 3.05) is 19.6 Å². The molecule has 2 aliphatic rings. The third kappa shape index (κ3) is 4.31. The second-order valence-corrected chi connectivity index (χ2v) is 6.38. The van der Waals surface area contributed by atoms with Crippen LogP contribution < -0.4 is 5.73 Å². The Morgan fingerprint density at radius 2 is 1.91 bits per heavy atom. The van der Waals surface area contributed by atoms with Crippen LogP contribution in [0.2, 0.25) is 0 Å². The number of rotatable bonds is 5. The Hall–Kier alpha value is -1.43. The van der Waals surface area contributed by atoms with Crippen molar-refractivity contribution >= 4 is 5.91 Å². The molecule has 0 bridgehead atoms. The van der Waals surface area contributed by atoms with Gasteiger partial charge >= 0.3 is 0 Å². The summed E-state index contributed by atoms with van der Waals surface area (Å²) >= 11 is 0. The highest BCUT2D eigenvalue weighted by Crippen LogP contribution is 2.23. The van der Waals surface area contributed by atoms with Gasteiger partial charge in [0, 0.05) is 19.6 Å². The molecule has 0 unspecified atom stereocenters. The number of piperidine rings is 1. The van der Waals surface area contributed by atoms with Gasteiger partial charge in [0.05, 0.1) is 18.8 Å². The summed E-state index contributed by atoms with van der Waals surface area (Å²) in [5.41, 5.74) is 6.80. The highest BCUT2D eigenvalue weighted by molar-refractivity contribution is 5.81. The first-order chi connectivity index (χ1) is 11.3. The van der Waals surface area contributed by atoms with E-state index in [0.29, 0.717) is 13.2 Å². The Morgan fingerprint density at radius 3 is 2.57 bits per heavy atom. The molecule has 2 saturated heterocycles. The number of carbonyl (C=O) groups is 1. The Labute approximate surface area is 137 Å². The topological polar surface area (TPSA) is 64.8 Å². The second-order valence-electron chi connectivity index (χ2n) is 6.38. The highest BCUT2D eigenvalue weighted by atomic mass is 16.5. The Bertz CT molecular complexity index is 500. The zero-order valence-corrected chi connectivity index (χ0v) is 13.5. The van der Waals surface area contributed by atoms with E-state index in [1.54, 1.807) is 0 Å². The number of amides is 1. The smallest absolute Gasteiger partial charge is 0.251 e. The highest BCUT2D eigenvalue weighted by Gasteiger charge is 2.34. The summed E-state index contributed by atoms with van der Waals surface area (Å²) in [4.78, 5) is 14.4. The average Bonchev–Trinajstić information content (AvgIpc) is 3.10. The van der Waals surface area contributed by atoms with Crippen LogP contribution in [0.4, 0.5) is 0 Å². The minimum absolute atomic E-state index is 0.0516. The van der Waals surface area contributed by atoms with E-state index in [4.69, 9.17) is 15.2 Å². The van der Waals surface area contributed by atoms with Gasteiger partial charge < -0.3 is 20.1 Å². The summed E-state index contributed by atoms with van der Waals surface area (Å²) in [6.45, 7) is 2.65. The van der Waals surface area contributed by atoms with E-state index in [0.717, 1.165) is 38.8 Å². The molecule has 2 atom stereocenters. The van der Waals surface area contributed by atoms with E-state index in [1.807, 2.05) is 23.1 Å². The van der Waals surface area contributed by atoms with Gasteiger partial charge in [0.2, 0.25) is 0 Å². The molecule has 2 aliphatic heterocycles. The van der Waals surface area contributed by atoms with Crippen LogP contribution in [0.25, 0.3) is 0 Å². The van der Waals surface area contributed by atoms with Crippen molar-refractivity contribution in [1.82, 2.24) is 4.90 Å². The third-order valence-electron chi connectivity index (χ3n) is 4.73. The van der Waals surface area contributed by atoms with Crippen LogP contribution >= 0.6 is 0 Å². The largest absolute Gasteiger partial charge is 0.373 e. The fourth-order valence-electron chi connectivity index (χ4n) is 3.30. The summed E-state index contributed by atoms with van der Waals surface area (Å²) < 4.78 is 11.7. The van der Waals surface area contributed by atoms with E-state index in [-0.39, 0.29) is 24.2 Å². The van der Waals surface area contributed by atoms with Gasteiger partial charge in [-0.15, -0.1) is 0 Å². The van der Waals surface area contributed by atoms with Crippen molar-refractivity contribution in [3.05, 3.63) is 35.9 Å². The van der Waals surface area contributed by atoms with Crippen molar-refractivity contribution < 1.29 is 14.3 Å². The zero-order valence-electron chi connectivity index (χ0n) is 13.5. The molecule has 1 amide bonds. The molecule has 2 N–H and O–H groups in total. The lowest BCUT2D eigenvalue weighted by atomic mass is 10.1. The van der Waals surface area contributed by atoms with Crippen molar-refractivity contribution in [2.24, 2.45) is 5.73 Å². The van der Waals surface area contributed by atoms with Crippen LogP contribution in [-0.2, 0) is 20.9 Å². The number of nitrogens with zero attached hydrogens (tertiary/aromatic N) is 1. The van der Waals surface area contributed by atoms with Gasteiger partial charge in [0.15, 0.2) is 0 Å². The van der Waals surface area contributed by atoms with Crippen LogP contribution in [0.15, 0.2) is 30.3 Å². The lowest BCUT2D eigenvalue weighted by Gasteiger charge is -2.33. The zero-order chi connectivity index (χ0) is 16.1. The SMILES string of the molecule is NC[C@H]1CC[C@@H](C(=O)N2CCC(OCc3ccccc3)CC2)O1. The predicted molar refractivity (Wildman–Crippen MR) is 87.8 cm³/mol. The number of nitrogens with two attached hydrogens (primary N) is 1. The van der Waals surface area contributed by atoms with E-state index in [2.05, 4.69) is 12.1 Å². The van der Waals surface area contributed by atoms with Crippen LogP contribution in [0.1, 0.15) is 31.2 Å². The lowest BCUT2D eigenvalue weighted by molar-refractivity contribution is -0.145. The summed E-state index contributed by atoms with van der Waals surface area (Å²) in [7, 11) is 0. The van der Waals surface area contributed by atoms with E-state index in [9.17, 15) is 4.79 Å². The Balaban J connectivity index is 1.41. The van der Waals surface area contributed by atoms with E-state index >= 15 is 0 Å². The standard InChI is InChI=1S/C18H26N2O3/c19-12-16-6-7-17(23-16)18(21)20-10-8-15(9-11-20)22-13-14-4-2-1-3-5-14/h1-5,15-17H,6-13,19H2/t16-,17+/m1/s1. The molecule has 0 radical (unpaired) electrons. The van der Waals surface area contributed by atoms with Gasteiger partial charge in [-0.1, -0.05) is 30.3 Å². The molecule has 1 aromatic carbocycles. The maximum atomic E-state index is 12.5. The maximum Gasteiger partial charge on any atom is 0.251 e. The summed E-state index contributed by atoms with van der Waals surface area (Å²) in [6.07, 6.45) is 3.48. The number of likely N-dealkylation sites (tertiary alicyclic amines) is 1.